The van der Waals surface area contributed by atoms with Gasteiger partial charge in [0.25, 0.3) is 0 Å². The SMILES string of the molecule is COc1ccc2c(c1)CCC1(CCN(c3cnc(Sc4ccnc(N)c4Cl)c(N)n3)CC1)[C@@H]2N. The van der Waals surface area contributed by atoms with Gasteiger partial charge in [0.2, 0.25) is 0 Å². The fraction of sp³-hybridized carbons (Fsp3) is 0.375. The Hall–Kier alpha value is -2.75. The molecule has 1 fully saturated rings. The molecule has 3 aromatic rings. The van der Waals surface area contributed by atoms with Crippen molar-refractivity contribution in [1.82, 2.24) is 15.0 Å². The molecular formula is C24H28ClN7OS. The fourth-order valence-electron chi connectivity index (χ4n) is 5.08. The van der Waals surface area contributed by atoms with Crippen LogP contribution < -0.4 is 26.8 Å². The number of nitrogen functional groups attached to an aromatic ring is 2. The molecule has 1 saturated heterocycles. The molecule has 3 heterocycles. The minimum absolute atomic E-state index is 0.0248. The number of halogens is 1. The number of hydrogen-bond donors (Lipinski definition) is 3. The summed E-state index contributed by atoms with van der Waals surface area (Å²) in [5.74, 6) is 2.32. The number of benzene rings is 1. The van der Waals surface area contributed by atoms with Crippen LogP contribution in [-0.2, 0) is 6.42 Å². The monoisotopic (exact) mass is 497 g/mol. The Kier molecular flexibility index (Phi) is 6.18. The van der Waals surface area contributed by atoms with E-state index in [0.717, 1.165) is 55.2 Å². The second-order valence-corrected chi connectivity index (χ2v) is 10.3. The zero-order valence-electron chi connectivity index (χ0n) is 19.0. The van der Waals surface area contributed by atoms with Crippen LogP contribution in [0.2, 0.25) is 5.02 Å². The summed E-state index contributed by atoms with van der Waals surface area (Å²) in [6, 6.07) is 8.08. The van der Waals surface area contributed by atoms with E-state index in [-0.39, 0.29) is 17.3 Å². The Morgan fingerprint density at radius 3 is 2.65 bits per heavy atom. The van der Waals surface area contributed by atoms with Crippen LogP contribution in [0.4, 0.5) is 17.5 Å². The summed E-state index contributed by atoms with van der Waals surface area (Å²) in [6.07, 6.45) is 7.50. The molecule has 10 heteroatoms. The van der Waals surface area contributed by atoms with Gasteiger partial charge in [-0.15, -0.1) is 0 Å². The first kappa shape index (κ1) is 23.0. The predicted molar refractivity (Wildman–Crippen MR) is 136 cm³/mol. The van der Waals surface area contributed by atoms with Gasteiger partial charge in [0.1, 0.15) is 22.4 Å². The maximum absolute atomic E-state index is 6.84. The van der Waals surface area contributed by atoms with Crippen LogP contribution in [0.5, 0.6) is 5.75 Å². The van der Waals surface area contributed by atoms with Gasteiger partial charge >= 0.3 is 0 Å². The number of ether oxygens (including phenoxy) is 1. The maximum atomic E-state index is 6.84. The van der Waals surface area contributed by atoms with E-state index in [1.54, 1.807) is 25.6 Å². The lowest BCUT2D eigenvalue weighted by Crippen LogP contribution is -2.48. The van der Waals surface area contributed by atoms with E-state index in [0.29, 0.717) is 15.9 Å². The molecule has 1 spiro atoms. The number of aryl methyl sites for hydroxylation is 1. The quantitative estimate of drug-likeness (QED) is 0.488. The molecule has 8 nitrogen and oxygen atoms in total. The summed E-state index contributed by atoms with van der Waals surface area (Å²) in [5.41, 5.74) is 21.6. The highest BCUT2D eigenvalue weighted by Crippen LogP contribution is 2.50. The minimum atomic E-state index is 0.0248. The van der Waals surface area contributed by atoms with Crippen molar-refractivity contribution in [2.75, 3.05) is 36.6 Å². The molecule has 1 aromatic carbocycles. The van der Waals surface area contributed by atoms with E-state index in [2.05, 4.69) is 32.0 Å². The summed E-state index contributed by atoms with van der Waals surface area (Å²) in [6.45, 7) is 1.74. The normalized spacial score (nSPS) is 19.1. The smallest absolute Gasteiger partial charge is 0.158 e. The molecular weight excluding hydrogens is 470 g/mol. The molecule has 0 amide bonds. The second-order valence-electron chi connectivity index (χ2n) is 8.92. The van der Waals surface area contributed by atoms with Crippen LogP contribution in [0.3, 0.4) is 0 Å². The zero-order chi connectivity index (χ0) is 23.9. The van der Waals surface area contributed by atoms with Crippen molar-refractivity contribution in [3.05, 3.63) is 52.8 Å². The largest absolute Gasteiger partial charge is 0.497 e. The fourth-order valence-corrected chi connectivity index (χ4v) is 6.09. The summed E-state index contributed by atoms with van der Waals surface area (Å²) in [4.78, 5) is 16.2. The molecule has 1 aliphatic carbocycles. The summed E-state index contributed by atoms with van der Waals surface area (Å²) in [5, 5.41) is 0.981. The molecule has 0 unspecified atom stereocenters. The van der Waals surface area contributed by atoms with Crippen molar-refractivity contribution in [3.63, 3.8) is 0 Å². The Balaban J connectivity index is 1.28. The average molecular weight is 498 g/mol. The highest BCUT2D eigenvalue weighted by Gasteiger charge is 2.43. The Morgan fingerprint density at radius 2 is 1.91 bits per heavy atom. The maximum Gasteiger partial charge on any atom is 0.158 e. The van der Waals surface area contributed by atoms with Crippen molar-refractivity contribution < 1.29 is 4.74 Å². The Bertz CT molecular complexity index is 1220. The lowest BCUT2D eigenvalue weighted by molar-refractivity contribution is 0.141. The number of anilines is 3. The molecule has 2 aromatic heterocycles. The van der Waals surface area contributed by atoms with Crippen molar-refractivity contribution in [2.45, 2.75) is 41.6 Å². The minimum Gasteiger partial charge on any atom is -0.497 e. The van der Waals surface area contributed by atoms with Crippen LogP contribution in [0, 0.1) is 5.41 Å². The van der Waals surface area contributed by atoms with Gasteiger partial charge in [0.15, 0.2) is 5.82 Å². The predicted octanol–water partition coefficient (Wildman–Crippen LogP) is 4.08. The number of hydrogen-bond acceptors (Lipinski definition) is 9. The standard InChI is InChI=1S/C24H28ClN7OS/c1-33-15-2-3-16-14(12-15)4-6-24(20(16)26)7-10-32(11-8-24)18-13-30-23(22(28)31-18)34-17-5-9-29-21(27)19(17)25/h2-3,5,9,12-13,20H,4,6-8,10-11,26H2,1H3,(H2,27,29)(H2,28,31)/t20-/m1/s1. The number of pyridine rings is 1. The van der Waals surface area contributed by atoms with Gasteiger partial charge in [-0.25, -0.2) is 15.0 Å². The van der Waals surface area contributed by atoms with Gasteiger partial charge in [-0.05, 0) is 60.4 Å². The average Bonchev–Trinajstić information content (AvgIpc) is 2.86. The van der Waals surface area contributed by atoms with Crippen molar-refractivity contribution >= 4 is 40.8 Å². The Morgan fingerprint density at radius 1 is 1.12 bits per heavy atom. The van der Waals surface area contributed by atoms with E-state index in [1.165, 1.54) is 22.9 Å². The van der Waals surface area contributed by atoms with E-state index in [4.69, 9.17) is 33.5 Å². The number of nitrogens with zero attached hydrogens (tertiary/aromatic N) is 4. The Labute approximate surface area is 208 Å². The molecule has 2 aliphatic rings. The molecule has 5 rings (SSSR count). The number of rotatable bonds is 4. The summed E-state index contributed by atoms with van der Waals surface area (Å²) in [7, 11) is 1.70. The number of methoxy groups -OCH3 is 1. The van der Waals surface area contributed by atoms with Crippen LogP contribution in [-0.4, -0.2) is 35.2 Å². The number of aromatic nitrogens is 3. The van der Waals surface area contributed by atoms with Gasteiger partial charge in [-0.1, -0.05) is 29.4 Å². The van der Waals surface area contributed by atoms with E-state index in [1.807, 2.05) is 6.07 Å². The molecule has 178 valence electrons. The molecule has 6 N–H and O–H groups in total. The van der Waals surface area contributed by atoms with Crippen molar-refractivity contribution in [2.24, 2.45) is 11.1 Å². The van der Waals surface area contributed by atoms with Crippen LogP contribution in [0.25, 0.3) is 0 Å². The highest BCUT2D eigenvalue weighted by molar-refractivity contribution is 7.99. The zero-order valence-corrected chi connectivity index (χ0v) is 20.6. The number of fused-ring (bicyclic) bond motifs is 1. The highest BCUT2D eigenvalue weighted by atomic mass is 35.5. The molecule has 1 aliphatic heterocycles. The van der Waals surface area contributed by atoms with E-state index in [9.17, 15) is 0 Å². The van der Waals surface area contributed by atoms with Crippen LogP contribution >= 0.6 is 23.4 Å². The molecule has 34 heavy (non-hydrogen) atoms. The summed E-state index contributed by atoms with van der Waals surface area (Å²) < 4.78 is 5.39. The molecule has 0 bridgehead atoms. The van der Waals surface area contributed by atoms with Crippen molar-refractivity contribution in [3.8, 4) is 5.75 Å². The molecule has 1 atom stereocenters. The van der Waals surface area contributed by atoms with Gasteiger partial charge in [-0.2, -0.15) is 0 Å². The number of nitrogens with two attached hydrogens (primary N) is 3. The van der Waals surface area contributed by atoms with Gasteiger partial charge in [-0.3, -0.25) is 0 Å². The third-order valence-corrected chi connectivity index (χ3v) is 8.74. The third kappa shape index (κ3) is 4.12. The second kappa shape index (κ2) is 9.13. The van der Waals surface area contributed by atoms with Crippen LogP contribution in [0.1, 0.15) is 36.4 Å². The van der Waals surface area contributed by atoms with Gasteiger partial charge in [0.05, 0.1) is 18.3 Å². The lowest BCUT2D eigenvalue weighted by Gasteiger charge is -2.48. The third-order valence-electron chi connectivity index (χ3n) is 7.16. The van der Waals surface area contributed by atoms with E-state index >= 15 is 0 Å². The number of piperidine rings is 1. The summed E-state index contributed by atoms with van der Waals surface area (Å²) >= 11 is 7.59. The lowest BCUT2D eigenvalue weighted by atomic mass is 9.63. The first-order valence-electron chi connectivity index (χ1n) is 11.3. The van der Waals surface area contributed by atoms with Crippen molar-refractivity contribution in [1.29, 1.82) is 0 Å². The first-order chi connectivity index (χ1) is 16.4. The molecule has 0 radical (unpaired) electrons. The topological polar surface area (TPSA) is 129 Å². The van der Waals surface area contributed by atoms with E-state index < -0.39 is 0 Å². The molecule has 0 saturated carbocycles. The van der Waals surface area contributed by atoms with Crippen LogP contribution in [0.15, 0.2) is 46.6 Å². The van der Waals surface area contributed by atoms with Gasteiger partial charge in [0, 0.05) is 30.2 Å². The first-order valence-corrected chi connectivity index (χ1v) is 12.5. The van der Waals surface area contributed by atoms with Gasteiger partial charge < -0.3 is 26.8 Å².